The van der Waals surface area contributed by atoms with E-state index in [2.05, 4.69) is 13.5 Å². The van der Waals surface area contributed by atoms with Crippen LogP contribution in [0.2, 0.25) is 0 Å². The normalized spacial score (nSPS) is 29.7. The van der Waals surface area contributed by atoms with E-state index in [-0.39, 0.29) is 25.0 Å². The van der Waals surface area contributed by atoms with Crippen LogP contribution in [0.3, 0.4) is 0 Å². The fourth-order valence-corrected chi connectivity index (χ4v) is 6.21. The number of carbonyl (C=O) groups excluding carboxylic acids is 3. The number of hydrogen-bond donors (Lipinski definition) is 1. The van der Waals surface area contributed by atoms with Gasteiger partial charge in [0.15, 0.2) is 0 Å². The number of ether oxygens (including phenoxy) is 2. The maximum Gasteiger partial charge on any atom is 0.312 e. The van der Waals surface area contributed by atoms with Crippen LogP contribution in [0.15, 0.2) is 43.0 Å². The number of benzene rings is 1. The number of fused-ring (bicyclic) bond motifs is 1. The summed E-state index contributed by atoms with van der Waals surface area (Å²) < 4.78 is 11.8. The fourth-order valence-electron chi connectivity index (χ4n) is 6.21. The molecule has 0 aromatic heterocycles. The Labute approximate surface area is 206 Å². The van der Waals surface area contributed by atoms with Gasteiger partial charge in [-0.15, -0.1) is 6.58 Å². The molecule has 3 aliphatic heterocycles. The lowest BCUT2D eigenvalue weighted by molar-refractivity contribution is -0.156. The van der Waals surface area contributed by atoms with Crippen LogP contribution in [0, 0.1) is 11.8 Å². The molecule has 6 atom stereocenters. The number of aliphatic hydroxyl groups is 1. The van der Waals surface area contributed by atoms with Crippen molar-refractivity contribution in [1.29, 1.82) is 0 Å². The minimum Gasteiger partial charge on any atom is -0.466 e. The van der Waals surface area contributed by atoms with Crippen LogP contribution in [-0.2, 0) is 23.9 Å². The lowest BCUT2D eigenvalue weighted by Crippen LogP contribution is -2.57. The van der Waals surface area contributed by atoms with Gasteiger partial charge in [-0.05, 0) is 31.7 Å². The van der Waals surface area contributed by atoms with Gasteiger partial charge in [0.25, 0.3) is 0 Å². The molecule has 190 valence electrons. The van der Waals surface area contributed by atoms with Gasteiger partial charge in [0.05, 0.1) is 37.2 Å². The van der Waals surface area contributed by atoms with E-state index in [1.165, 1.54) is 4.90 Å². The number of nitrogens with zero attached hydrogens (tertiary/aromatic N) is 2. The maximum atomic E-state index is 14.2. The summed E-state index contributed by atoms with van der Waals surface area (Å²) in [6.45, 7) is 8.32. The molecule has 0 unspecified atom stereocenters. The molecule has 8 nitrogen and oxygen atoms in total. The molecule has 0 aliphatic carbocycles. The third-order valence-corrected chi connectivity index (χ3v) is 7.67. The zero-order valence-corrected chi connectivity index (χ0v) is 20.6. The Kier molecular flexibility index (Phi) is 7.62. The average Bonchev–Trinajstić information content (AvgIpc) is 3.50. The van der Waals surface area contributed by atoms with Crippen molar-refractivity contribution in [2.24, 2.45) is 11.8 Å². The Hall–Kier alpha value is -2.71. The van der Waals surface area contributed by atoms with Crippen molar-refractivity contribution < 1.29 is 29.0 Å². The molecule has 2 bridgehead atoms. The zero-order valence-electron chi connectivity index (χ0n) is 20.6. The van der Waals surface area contributed by atoms with E-state index >= 15 is 0 Å². The summed E-state index contributed by atoms with van der Waals surface area (Å²) in [5, 5.41) is 10.5. The van der Waals surface area contributed by atoms with E-state index in [9.17, 15) is 19.5 Å². The van der Waals surface area contributed by atoms with E-state index in [0.717, 1.165) is 18.4 Å². The van der Waals surface area contributed by atoms with Crippen molar-refractivity contribution in [3.63, 3.8) is 0 Å². The Morgan fingerprint density at radius 2 is 2.09 bits per heavy atom. The Bertz CT molecular complexity index is 952. The molecule has 1 spiro atoms. The zero-order chi connectivity index (χ0) is 25.2. The summed E-state index contributed by atoms with van der Waals surface area (Å²) in [6.07, 6.45) is 4.03. The quantitative estimate of drug-likeness (QED) is 0.383. The van der Waals surface area contributed by atoms with Gasteiger partial charge >= 0.3 is 5.97 Å². The van der Waals surface area contributed by atoms with Gasteiger partial charge in [-0.3, -0.25) is 14.4 Å². The Balaban J connectivity index is 1.81. The van der Waals surface area contributed by atoms with Gasteiger partial charge < -0.3 is 24.4 Å². The van der Waals surface area contributed by atoms with Gasteiger partial charge in [-0.1, -0.05) is 49.8 Å². The predicted octanol–water partition coefficient (Wildman–Crippen LogP) is 2.47. The number of rotatable bonds is 11. The van der Waals surface area contributed by atoms with Gasteiger partial charge in [-0.2, -0.15) is 0 Å². The molecule has 3 saturated heterocycles. The summed E-state index contributed by atoms with van der Waals surface area (Å²) in [6, 6.07) is 7.52. The van der Waals surface area contributed by atoms with E-state index in [0.29, 0.717) is 25.9 Å². The van der Waals surface area contributed by atoms with Gasteiger partial charge in [0.2, 0.25) is 11.8 Å². The first-order valence-corrected chi connectivity index (χ1v) is 12.7. The molecule has 0 radical (unpaired) electrons. The highest BCUT2D eigenvalue weighted by Crippen LogP contribution is 2.60. The van der Waals surface area contributed by atoms with Crippen molar-refractivity contribution >= 4 is 17.8 Å². The third kappa shape index (κ3) is 4.16. The summed E-state index contributed by atoms with van der Waals surface area (Å²) >= 11 is 0. The van der Waals surface area contributed by atoms with Crippen molar-refractivity contribution in [3.8, 4) is 0 Å². The van der Waals surface area contributed by atoms with Crippen LogP contribution >= 0.6 is 0 Å². The van der Waals surface area contributed by atoms with Crippen LogP contribution < -0.4 is 0 Å². The van der Waals surface area contributed by atoms with Crippen molar-refractivity contribution in [2.45, 2.75) is 63.3 Å². The van der Waals surface area contributed by atoms with Crippen LogP contribution in [-0.4, -0.2) is 76.7 Å². The molecule has 1 N–H and O–H groups in total. The first-order valence-electron chi connectivity index (χ1n) is 12.7. The molecule has 1 aromatic carbocycles. The molecule has 3 fully saturated rings. The molecule has 2 amide bonds. The summed E-state index contributed by atoms with van der Waals surface area (Å²) in [5.74, 6) is -2.59. The van der Waals surface area contributed by atoms with Crippen LogP contribution in [0.25, 0.3) is 0 Å². The second-order valence-corrected chi connectivity index (χ2v) is 9.59. The number of aliphatic hydroxyl groups excluding tert-OH is 1. The van der Waals surface area contributed by atoms with Gasteiger partial charge in [0, 0.05) is 13.1 Å². The highest BCUT2D eigenvalue weighted by atomic mass is 16.6. The van der Waals surface area contributed by atoms with Crippen molar-refractivity contribution in [3.05, 3.63) is 48.6 Å². The second-order valence-electron chi connectivity index (χ2n) is 9.59. The minimum absolute atomic E-state index is 0.204. The molecule has 8 heteroatoms. The van der Waals surface area contributed by atoms with Crippen LogP contribution in [0.5, 0.6) is 0 Å². The molecule has 3 heterocycles. The van der Waals surface area contributed by atoms with Crippen LogP contribution in [0.1, 0.15) is 51.1 Å². The molecule has 1 aromatic rings. The SMILES string of the molecule is C=CCN(CCCC)C(=O)[C@H]1N([C@H](CO)c2ccccc2)C(=O)[C@@H]2[C@@H](C(=O)OCC)[C@H]3CC[C@]21O3. The first kappa shape index (κ1) is 25.4. The third-order valence-electron chi connectivity index (χ3n) is 7.67. The smallest absolute Gasteiger partial charge is 0.312 e. The van der Waals surface area contributed by atoms with E-state index in [4.69, 9.17) is 9.47 Å². The highest BCUT2D eigenvalue weighted by Gasteiger charge is 2.75. The van der Waals surface area contributed by atoms with E-state index < -0.39 is 41.6 Å². The number of amides is 2. The molecule has 3 aliphatic rings. The molecular weight excluding hydrogens is 448 g/mol. The lowest BCUT2D eigenvalue weighted by atomic mass is 9.70. The summed E-state index contributed by atoms with van der Waals surface area (Å²) in [4.78, 5) is 44.5. The number of likely N-dealkylation sites (tertiary alicyclic amines) is 1. The second kappa shape index (κ2) is 10.5. The summed E-state index contributed by atoms with van der Waals surface area (Å²) in [5.41, 5.74) is -0.395. The first-order chi connectivity index (χ1) is 16.9. The number of hydrogen-bond acceptors (Lipinski definition) is 6. The predicted molar refractivity (Wildman–Crippen MR) is 129 cm³/mol. The lowest BCUT2D eigenvalue weighted by Gasteiger charge is -2.39. The molecular formula is C27H36N2O6. The van der Waals surface area contributed by atoms with Crippen molar-refractivity contribution in [1.82, 2.24) is 9.80 Å². The number of esters is 1. The fraction of sp³-hybridized carbons (Fsp3) is 0.593. The number of unbranched alkanes of at least 4 members (excludes halogenated alkanes) is 1. The molecule has 0 saturated carbocycles. The average molecular weight is 485 g/mol. The van der Waals surface area contributed by atoms with Gasteiger partial charge in [-0.25, -0.2) is 0 Å². The minimum atomic E-state index is -1.12. The van der Waals surface area contributed by atoms with Gasteiger partial charge in [0.1, 0.15) is 11.6 Å². The maximum absolute atomic E-state index is 14.2. The Morgan fingerprint density at radius 3 is 2.71 bits per heavy atom. The van der Waals surface area contributed by atoms with Crippen molar-refractivity contribution in [2.75, 3.05) is 26.3 Å². The van der Waals surface area contributed by atoms with E-state index in [1.807, 2.05) is 30.3 Å². The Morgan fingerprint density at radius 1 is 1.34 bits per heavy atom. The monoisotopic (exact) mass is 484 g/mol. The number of carbonyl (C=O) groups is 3. The summed E-state index contributed by atoms with van der Waals surface area (Å²) in [7, 11) is 0. The highest BCUT2D eigenvalue weighted by molar-refractivity contribution is 5.98. The standard InChI is InChI=1S/C27H36N2O6/c1-4-7-16-28(15-5-2)25(32)23-27-14-13-20(35-27)21(26(33)34-6-3)22(27)24(31)29(23)19(17-30)18-11-9-8-10-12-18/h5,8-12,19-23,30H,2,4,6-7,13-17H2,1,3H3/t19-,20-,21+,22+,23-,27+/m1/s1. The topological polar surface area (TPSA) is 96.4 Å². The molecule has 4 rings (SSSR count). The van der Waals surface area contributed by atoms with E-state index in [1.54, 1.807) is 17.9 Å². The molecule has 35 heavy (non-hydrogen) atoms. The largest absolute Gasteiger partial charge is 0.466 e. The van der Waals surface area contributed by atoms with Crippen LogP contribution in [0.4, 0.5) is 0 Å².